The smallest absolute Gasteiger partial charge is 0.229 e. The van der Waals surface area contributed by atoms with Crippen LogP contribution in [0.5, 0.6) is 0 Å². The summed E-state index contributed by atoms with van der Waals surface area (Å²) < 4.78 is 25.5. The third-order valence-corrected chi connectivity index (χ3v) is 5.34. The van der Waals surface area contributed by atoms with Gasteiger partial charge in [0.1, 0.15) is 0 Å². The summed E-state index contributed by atoms with van der Waals surface area (Å²) in [6, 6.07) is 6.86. The summed E-state index contributed by atoms with van der Waals surface area (Å²) >= 11 is 0. The van der Waals surface area contributed by atoms with E-state index >= 15 is 0 Å². The molecule has 0 spiro atoms. The van der Waals surface area contributed by atoms with Crippen molar-refractivity contribution in [3.8, 4) is 0 Å². The minimum Gasteiger partial charge on any atom is -0.349 e. The molecule has 1 aliphatic rings. The van der Waals surface area contributed by atoms with Gasteiger partial charge in [0.15, 0.2) is 0 Å². The van der Waals surface area contributed by atoms with Crippen molar-refractivity contribution >= 4 is 21.6 Å². The van der Waals surface area contributed by atoms with E-state index in [1.54, 1.807) is 12.1 Å². The SMILES string of the molecule is CC(NC(=O)CC(C)C1CCCNC1)c1ccccc1NS(C)(=O)=O. The third-order valence-electron chi connectivity index (χ3n) is 4.75. The first-order valence-corrected chi connectivity index (χ1v) is 10.7. The van der Waals surface area contributed by atoms with E-state index in [4.69, 9.17) is 0 Å². The van der Waals surface area contributed by atoms with Crippen molar-refractivity contribution in [3.05, 3.63) is 29.8 Å². The number of nitrogens with one attached hydrogen (secondary N) is 3. The van der Waals surface area contributed by atoms with E-state index in [0.717, 1.165) is 37.8 Å². The van der Waals surface area contributed by atoms with Crippen molar-refractivity contribution in [2.24, 2.45) is 11.8 Å². The van der Waals surface area contributed by atoms with Gasteiger partial charge >= 0.3 is 0 Å². The van der Waals surface area contributed by atoms with Crippen molar-refractivity contribution in [1.82, 2.24) is 10.6 Å². The summed E-state index contributed by atoms with van der Waals surface area (Å²) in [4.78, 5) is 12.4. The van der Waals surface area contributed by atoms with Crippen molar-refractivity contribution in [3.63, 3.8) is 0 Å². The molecule has 0 aliphatic carbocycles. The van der Waals surface area contributed by atoms with Crippen LogP contribution in [-0.2, 0) is 14.8 Å². The zero-order valence-corrected chi connectivity index (χ0v) is 16.0. The molecule has 3 atom stereocenters. The van der Waals surface area contributed by atoms with Gasteiger partial charge in [-0.2, -0.15) is 0 Å². The van der Waals surface area contributed by atoms with E-state index in [9.17, 15) is 13.2 Å². The molecule has 6 nitrogen and oxygen atoms in total. The first-order valence-electron chi connectivity index (χ1n) is 8.83. The molecule has 7 heteroatoms. The number of amides is 1. The number of benzene rings is 1. The summed E-state index contributed by atoms with van der Waals surface area (Å²) in [5, 5.41) is 6.39. The minimum atomic E-state index is -3.36. The summed E-state index contributed by atoms with van der Waals surface area (Å²) in [7, 11) is -3.36. The molecule has 1 fully saturated rings. The van der Waals surface area contributed by atoms with Crippen LogP contribution in [0.15, 0.2) is 24.3 Å². The van der Waals surface area contributed by atoms with Crippen LogP contribution in [0.25, 0.3) is 0 Å². The number of sulfonamides is 1. The molecule has 1 aromatic rings. The van der Waals surface area contributed by atoms with Gasteiger partial charge in [0.2, 0.25) is 15.9 Å². The molecular weight excluding hydrogens is 338 g/mol. The second kappa shape index (κ2) is 8.67. The van der Waals surface area contributed by atoms with Crippen LogP contribution in [-0.4, -0.2) is 33.7 Å². The van der Waals surface area contributed by atoms with Crippen LogP contribution in [0.2, 0.25) is 0 Å². The quantitative estimate of drug-likeness (QED) is 0.690. The lowest BCUT2D eigenvalue weighted by atomic mass is 9.85. The lowest BCUT2D eigenvalue weighted by Gasteiger charge is -2.28. The number of hydrogen-bond acceptors (Lipinski definition) is 4. The van der Waals surface area contributed by atoms with Crippen LogP contribution in [0.1, 0.15) is 44.7 Å². The molecule has 1 amide bonds. The van der Waals surface area contributed by atoms with Crippen molar-refractivity contribution in [1.29, 1.82) is 0 Å². The molecule has 0 radical (unpaired) electrons. The van der Waals surface area contributed by atoms with Crippen LogP contribution in [0.3, 0.4) is 0 Å². The fourth-order valence-electron chi connectivity index (χ4n) is 3.37. The Morgan fingerprint density at radius 1 is 1.32 bits per heavy atom. The van der Waals surface area contributed by atoms with Crippen LogP contribution in [0.4, 0.5) is 5.69 Å². The lowest BCUT2D eigenvalue weighted by Crippen LogP contribution is -2.36. The Hall–Kier alpha value is -1.60. The Bertz CT molecular complexity index is 685. The Balaban J connectivity index is 1.97. The standard InChI is InChI=1S/C18H29N3O3S/c1-13(15-7-6-10-19-12-15)11-18(22)20-14(2)16-8-4-5-9-17(16)21-25(3,23)24/h4-5,8-9,13-15,19,21H,6-7,10-12H2,1-3H3,(H,20,22). The molecule has 3 N–H and O–H groups in total. The average Bonchev–Trinajstić information content (AvgIpc) is 2.54. The van der Waals surface area contributed by atoms with E-state index in [1.807, 2.05) is 19.1 Å². The van der Waals surface area contributed by atoms with Crippen molar-refractivity contribution in [2.45, 2.75) is 39.2 Å². The van der Waals surface area contributed by atoms with Gasteiger partial charge in [-0.1, -0.05) is 25.1 Å². The molecule has 0 aromatic heterocycles. The minimum absolute atomic E-state index is 0.000248. The number of hydrogen-bond donors (Lipinski definition) is 3. The largest absolute Gasteiger partial charge is 0.349 e. The summed E-state index contributed by atoms with van der Waals surface area (Å²) in [6.07, 6.45) is 3.93. The highest BCUT2D eigenvalue weighted by Gasteiger charge is 2.23. The molecule has 3 unspecified atom stereocenters. The number of carbonyl (C=O) groups excluding carboxylic acids is 1. The molecule has 0 bridgehead atoms. The van der Waals surface area contributed by atoms with Crippen LogP contribution >= 0.6 is 0 Å². The van der Waals surface area contributed by atoms with Crippen LogP contribution < -0.4 is 15.4 Å². The average molecular weight is 368 g/mol. The van der Waals surface area contributed by atoms with Gasteiger partial charge in [-0.05, 0) is 56.3 Å². The number of piperidine rings is 1. The number of para-hydroxylation sites is 1. The maximum atomic E-state index is 12.4. The highest BCUT2D eigenvalue weighted by atomic mass is 32.2. The summed E-state index contributed by atoms with van der Waals surface area (Å²) in [5.74, 6) is 0.859. The number of anilines is 1. The van der Waals surface area contributed by atoms with Crippen molar-refractivity contribution < 1.29 is 13.2 Å². The maximum absolute atomic E-state index is 12.4. The first-order chi connectivity index (χ1) is 11.8. The fraction of sp³-hybridized carbons (Fsp3) is 0.611. The van der Waals surface area contributed by atoms with E-state index in [1.165, 1.54) is 0 Å². The molecule has 0 saturated carbocycles. The molecule has 1 heterocycles. The van der Waals surface area contributed by atoms with Gasteiger partial charge in [0.05, 0.1) is 18.0 Å². The Morgan fingerprint density at radius 2 is 2.04 bits per heavy atom. The molecule has 1 aromatic carbocycles. The molecule has 1 saturated heterocycles. The third kappa shape index (κ3) is 6.32. The van der Waals surface area contributed by atoms with Crippen LogP contribution in [0, 0.1) is 11.8 Å². The maximum Gasteiger partial charge on any atom is 0.229 e. The van der Waals surface area contributed by atoms with Gasteiger partial charge in [-0.15, -0.1) is 0 Å². The fourth-order valence-corrected chi connectivity index (χ4v) is 3.95. The molecular formula is C18H29N3O3S. The lowest BCUT2D eigenvalue weighted by molar-refractivity contribution is -0.123. The second-order valence-electron chi connectivity index (χ2n) is 7.04. The number of carbonyl (C=O) groups is 1. The topological polar surface area (TPSA) is 87.3 Å². The first kappa shape index (κ1) is 19.7. The van der Waals surface area contributed by atoms with E-state index < -0.39 is 10.0 Å². The van der Waals surface area contributed by atoms with Gasteiger partial charge in [0.25, 0.3) is 0 Å². The van der Waals surface area contributed by atoms with Gasteiger partial charge in [-0.3, -0.25) is 9.52 Å². The Kier molecular flexibility index (Phi) is 6.84. The monoisotopic (exact) mass is 367 g/mol. The van der Waals surface area contributed by atoms with Gasteiger partial charge in [-0.25, -0.2) is 8.42 Å². The van der Waals surface area contributed by atoms with Crippen molar-refractivity contribution in [2.75, 3.05) is 24.1 Å². The predicted molar refractivity (Wildman–Crippen MR) is 101 cm³/mol. The van der Waals surface area contributed by atoms with E-state index in [0.29, 0.717) is 23.9 Å². The Morgan fingerprint density at radius 3 is 2.68 bits per heavy atom. The molecule has 1 aliphatic heterocycles. The summed E-state index contributed by atoms with van der Waals surface area (Å²) in [5.41, 5.74) is 1.26. The highest BCUT2D eigenvalue weighted by molar-refractivity contribution is 7.92. The molecule has 2 rings (SSSR count). The molecule has 25 heavy (non-hydrogen) atoms. The zero-order valence-electron chi connectivity index (χ0n) is 15.2. The Labute approximate surface area is 150 Å². The number of rotatable bonds is 7. The van der Waals surface area contributed by atoms with E-state index in [-0.39, 0.29) is 11.9 Å². The van der Waals surface area contributed by atoms with Gasteiger partial charge in [0, 0.05) is 6.42 Å². The highest BCUT2D eigenvalue weighted by Crippen LogP contribution is 2.25. The summed E-state index contributed by atoms with van der Waals surface area (Å²) in [6.45, 7) is 6.04. The predicted octanol–water partition coefficient (Wildman–Crippen LogP) is 2.26. The second-order valence-corrected chi connectivity index (χ2v) is 8.79. The molecule has 140 valence electrons. The normalized spacial score (nSPS) is 20.5. The zero-order chi connectivity index (χ0) is 18.4. The van der Waals surface area contributed by atoms with E-state index in [2.05, 4.69) is 22.3 Å². The van der Waals surface area contributed by atoms with Gasteiger partial charge < -0.3 is 10.6 Å².